The molecule has 23 heavy (non-hydrogen) atoms. The molecule has 0 bridgehead atoms. The summed E-state index contributed by atoms with van der Waals surface area (Å²) < 4.78 is 28.3. The van der Waals surface area contributed by atoms with Crippen LogP contribution in [0.1, 0.15) is 51.4 Å². The van der Waals surface area contributed by atoms with Crippen molar-refractivity contribution in [2.24, 2.45) is 12.5 Å². The maximum absolute atomic E-state index is 13.2. The predicted octanol–water partition coefficient (Wildman–Crippen LogP) is 3.09. The molecule has 1 saturated heterocycles. The van der Waals surface area contributed by atoms with E-state index in [1.165, 1.54) is 0 Å². The quantitative estimate of drug-likeness (QED) is 0.908. The SMILES string of the molecule is Cn1ccnc1C1N(C(=O)NC2CCC(F)(F)CC2)CC1(C)C. The zero-order valence-corrected chi connectivity index (χ0v) is 13.9. The molecule has 1 aliphatic heterocycles. The van der Waals surface area contributed by atoms with Crippen LogP contribution >= 0.6 is 0 Å². The number of aryl methyl sites for hydroxylation is 1. The molecular formula is C16H24F2N4O. The number of carbonyl (C=O) groups is 1. The molecule has 2 heterocycles. The summed E-state index contributed by atoms with van der Waals surface area (Å²) >= 11 is 0. The summed E-state index contributed by atoms with van der Waals surface area (Å²) in [6.07, 6.45) is 3.97. The largest absolute Gasteiger partial charge is 0.336 e. The van der Waals surface area contributed by atoms with Crippen molar-refractivity contribution in [3.05, 3.63) is 18.2 Å². The number of rotatable bonds is 2. The van der Waals surface area contributed by atoms with Crippen molar-refractivity contribution < 1.29 is 13.6 Å². The monoisotopic (exact) mass is 326 g/mol. The van der Waals surface area contributed by atoms with E-state index in [4.69, 9.17) is 0 Å². The summed E-state index contributed by atoms with van der Waals surface area (Å²) in [7, 11) is 1.91. The van der Waals surface area contributed by atoms with Gasteiger partial charge < -0.3 is 14.8 Å². The molecule has 2 amide bonds. The van der Waals surface area contributed by atoms with Gasteiger partial charge in [0.05, 0.1) is 6.04 Å². The van der Waals surface area contributed by atoms with Crippen LogP contribution in [0.15, 0.2) is 12.4 Å². The molecule has 2 aliphatic rings. The lowest BCUT2D eigenvalue weighted by Crippen LogP contribution is -2.62. The summed E-state index contributed by atoms with van der Waals surface area (Å²) in [5.41, 5.74) is -0.0456. The van der Waals surface area contributed by atoms with Crippen LogP contribution in [0.25, 0.3) is 0 Å². The number of imidazole rings is 1. The topological polar surface area (TPSA) is 50.2 Å². The molecule has 5 nitrogen and oxygen atoms in total. The number of aromatic nitrogens is 2. The number of nitrogens with zero attached hydrogens (tertiary/aromatic N) is 3. The molecule has 1 saturated carbocycles. The molecule has 3 rings (SSSR count). The highest BCUT2D eigenvalue weighted by Crippen LogP contribution is 2.47. The Morgan fingerprint density at radius 1 is 1.35 bits per heavy atom. The summed E-state index contributed by atoms with van der Waals surface area (Å²) in [6, 6.07) is -0.423. The van der Waals surface area contributed by atoms with Crippen LogP contribution in [-0.2, 0) is 7.05 Å². The van der Waals surface area contributed by atoms with Crippen molar-refractivity contribution >= 4 is 6.03 Å². The van der Waals surface area contributed by atoms with Crippen LogP contribution in [-0.4, -0.2) is 39.0 Å². The number of urea groups is 1. The van der Waals surface area contributed by atoms with Gasteiger partial charge in [0, 0.05) is 50.3 Å². The molecule has 7 heteroatoms. The van der Waals surface area contributed by atoms with Crippen molar-refractivity contribution in [2.45, 2.75) is 57.5 Å². The number of hydrogen-bond acceptors (Lipinski definition) is 2. The van der Waals surface area contributed by atoms with Gasteiger partial charge >= 0.3 is 6.03 Å². The van der Waals surface area contributed by atoms with E-state index in [-0.39, 0.29) is 36.4 Å². The highest BCUT2D eigenvalue weighted by atomic mass is 19.3. The molecule has 0 spiro atoms. The zero-order valence-electron chi connectivity index (χ0n) is 13.9. The lowest BCUT2D eigenvalue weighted by atomic mass is 9.74. The molecule has 128 valence electrons. The van der Waals surface area contributed by atoms with E-state index in [1.807, 2.05) is 17.8 Å². The smallest absolute Gasteiger partial charge is 0.318 e. The Balaban J connectivity index is 1.65. The van der Waals surface area contributed by atoms with Gasteiger partial charge in [-0.1, -0.05) is 13.8 Å². The molecule has 2 fully saturated rings. The Labute approximate surface area is 135 Å². The molecule has 1 aliphatic carbocycles. The van der Waals surface area contributed by atoms with Gasteiger partial charge in [0.25, 0.3) is 0 Å². The van der Waals surface area contributed by atoms with Gasteiger partial charge in [-0.25, -0.2) is 18.6 Å². The first-order valence-electron chi connectivity index (χ1n) is 8.12. The first-order valence-corrected chi connectivity index (χ1v) is 8.12. The normalized spacial score (nSPS) is 26.7. The van der Waals surface area contributed by atoms with E-state index in [9.17, 15) is 13.6 Å². The van der Waals surface area contributed by atoms with Gasteiger partial charge in [-0.3, -0.25) is 0 Å². The minimum Gasteiger partial charge on any atom is -0.336 e. The predicted molar refractivity (Wildman–Crippen MR) is 82.2 cm³/mol. The van der Waals surface area contributed by atoms with Crippen LogP contribution in [0.4, 0.5) is 13.6 Å². The van der Waals surface area contributed by atoms with Crippen molar-refractivity contribution in [3.63, 3.8) is 0 Å². The van der Waals surface area contributed by atoms with E-state index >= 15 is 0 Å². The molecule has 0 aromatic carbocycles. The van der Waals surface area contributed by atoms with Gasteiger partial charge in [-0.15, -0.1) is 0 Å². The van der Waals surface area contributed by atoms with Crippen molar-refractivity contribution in [3.8, 4) is 0 Å². The fourth-order valence-electron chi connectivity index (χ4n) is 3.69. The second-order valence-electron chi connectivity index (χ2n) is 7.50. The lowest BCUT2D eigenvalue weighted by molar-refractivity contribution is -0.0441. The van der Waals surface area contributed by atoms with Crippen LogP contribution in [0.5, 0.6) is 0 Å². The van der Waals surface area contributed by atoms with Crippen molar-refractivity contribution in [2.75, 3.05) is 6.54 Å². The second-order valence-corrected chi connectivity index (χ2v) is 7.50. The van der Waals surface area contributed by atoms with Crippen LogP contribution in [0.3, 0.4) is 0 Å². The van der Waals surface area contributed by atoms with Gasteiger partial charge in [0.2, 0.25) is 5.92 Å². The molecular weight excluding hydrogens is 302 g/mol. The fraction of sp³-hybridized carbons (Fsp3) is 0.750. The minimum absolute atomic E-state index is 0.0456. The van der Waals surface area contributed by atoms with E-state index in [0.29, 0.717) is 19.4 Å². The van der Waals surface area contributed by atoms with E-state index in [2.05, 4.69) is 24.1 Å². The number of likely N-dealkylation sites (tertiary alicyclic amines) is 1. The summed E-state index contributed by atoms with van der Waals surface area (Å²) in [5, 5.41) is 2.92. The third-order valence-electron chi connectivity index (χ3n) is 5.04. The Morgan fingerprint density at radius 2 is 2.00 bits per heavy atom. The van der Waals surface area contributed by atoms with Crippen LogP contribution in [0.2, 0.25) is 0 Å². The first kappa shape index (κ1) is 16.2. The highest BCUT2D eigenvalue weighted by Gasteiger charge is 2.51. The van der Waals surface area contributed by atoms with Gasteiger partial charge in [0.1, 0.15) is 5.82 Å². The summed E-state index contributed by atoms with van der Waals surface area (Å²) in [4.78, 5) is 18.7. The number of hydrogen-bond donors (Lipinski definition) is 1. The number of amides is 2. The van der Waals surface area contributed by atoms with E-state index in [0.717, 1.165) is 5.82 Å². The van der Waals surface area contributed by atoms with Gasteiger partial charge in [-0.05, 0) is 12.8 Å². The molecule has 1 atom stereocenters. The molecule has 0 radical (unpaired) electrons. The first-order chi connectivity index (χ1) is 10.7. The zero-order chi connectivity index (χ0) is 16.8. The number of nitrogens with one attached hydrogen (secondary N) is 1. The third kappa shape index (κ3) is 3.05. The molecule has 1 aromatic heterocycles. The standard InChI is InChI=1S/C16H24F2N4O/c1-15(2)10-22(12(15)13-19-8-9-21(13)3)14(23)20-11-4-6-16(17,18)7-5-11/h8-9,11-12H,4-7,10H2,1-3H3,(H,20,23). The maximum Gasteiger partial charge on any atom is 0.318 e. The lowest BCUT2D eigenvalue weighted by Gasteiger charge is -2.53. The van der Waals surface area contributed by atoms with E-state index < -0.39 is 5.92 Å². The van der Waals surface area contributed by atoms with Crippen LogP contribution in [0, 0.1) is 5.41 Å². The highest BCUT2D eigenvalue weighted by molar-refractivity contribution is 5.76. The average Bonchev–Trinajstić information content (AvgIpc) is 2.85. The van der Waals surface area contributed by atoms with Crippen molar-refractivity contribution in [1.82, 2.24) is 19.8 Å². The summed E-state index contributed by atoms with van der Waals surface area (Å²) in [5.74, 6) is -1.72. The number of carbonyl (C=O) groups excluding carboxylic acids is 1. The number of alkyl halides is 2. The van der Waals surface area contributed by atoms with Gasteiger partial charge in [0.15, 0.2) is 0 Å². The minimum atomic E-state index is -2.57. The van der Waals surface area contributed by atoms with Crippen molar-refractivity contribution in [1.29, 1.82) is 0 Å². The fourth-order valence-corrected chi connectivity index (χ4v) is 3.69. The molecule has 1 N–H and O–H groups in total. The van der Waals surface area contributed by atoms with Gasteiger partial charge in [-0.2, -0.15) is 0 Å². The molecule has 1 aromatic rings. The van der Waals surface area contributed by atoms with Crippen LogP contribution < -0.4 is 5.32 Å². The Kier molecular flexibility index (Phi) is 3.84. The second kappa shape index (κ2) is 5.46. The summed E-state index contributed by atoms with van der Waals surface area (Å²) in [6.45, 7) is 4.85. The van der Waals surface area contributed by atoms with E-state index in [1.54, 1.807) is 11.1 Å². The third-order valence-corrected chi connectivity index (χ3v) is 5.04. The Morgan fingerprint density at radius 3 is 2.52 bits per heavy atom. The average molecular weight is 326 g/mol. The Hall–Kier alpha value is -1.66. The molecule has 1 unspecified atom stereocenters. The maximum atomic E-state index is 13.2. The Bertz CT molecular complexity index is 589. The number of halogens is 2.